The van der Waals surface area contributed by atoms with Gasteiger partial charge in [0.2, 0.25) is 5.91 Å². The second kappa shape index (κ2) is 6.81. The van der Waals surface area contributed by atoms with Gasteiger partial charge in [0.05, 0.1) is 12.1 Å². The number of carbonyl (C=O) groups is 1. The van der Waals surface area contributed by atoms with Gasteiger partial charge in [-0.05, 0) is 37.0 Å². The molecular weight excluding hydrogens is 338 g/mol. The third-order valence-electron chi connectivity index (χ3n) is 5.27. The van der Waals surface area contributed by atoms with Crippen LogP contribution in [0.3, 0.4) is 0 Å². The summed E-state index contributed by atoms with van der Waals surface area (Å²) in [5.74, 6) is 1.10. The van der Waals surface area contributed by atoms with Crippen LogP contribution < -0.4 is 5.32 Å². The summed E-state index contributed by atoms with van der Waals surface area (Å²) >= 11 is 5.98. The van der Waals surface area contributed by atoms with E-state index in [4.69, 9.17) is 16.3 Å². The van der Waals surface area contributed by atoms with Crippen LogP contribution in [0.4, 0.5) is 0 Å². The molecule has 2 aliphatic heterocycles. The molecule has 0 aliphatic carbocycles. The van der Waals surface area contributed by atoms with Crippen LogP contribution in [0.15, 0.2) is 36.7 Å². The number of aromatic nitrogens is 2. The van der Waals surface area contributed by atoms with Gasteiger partial charge in [-0.25, -0.2) is 4.98 Å². The molecule has 0 spiro atoms. The van der Waals surface area contributed by atoms with Gasteiger partial charge in [-0.2, -0.15) is 0 Å². The molecule has 2 unspecified atom stereocenters. The number of fused-ring (bicyclic) bond motifs is 1. The Morgan fingerprint density at radius 3 is 3.00 bits per heavy atom. The van der Waals surface area contributed by atoms with E-state index in [1.807, 2.05) is 36.7 Å². The number of rotatable bonds is 4. The zero-order valence-electron chi connectivity index (χ0n) is 14.1. The number of carbonyl (C=O) groups excluding carboxylic acids is 1. The van der Waals surface area contributed by atoms with Crippen LogP contribution in [0.2, 0.25) is 5.02 Å². The van der Waals surface area contributed by atoms with Gasteiger partial charge in [0, 0.05) is 42.9 Å². The molecule has 2 atom stereocenters. The zero-order valence-corrected chi connectivity index (χ0v) is 14.8. The van der Waals surface area contributed by atoms with Crippen molar-refractivity contribution in [1.82, 2.24) is 14.9 Å². The molecule has 6 heteroatoms. The van der Waals surface area contributed by atoms with Crippen molar-refractivity contribution >= 4 is 17.5 Å². The smallest absolute Gasteiger partial charge is 0.224 e. The normalized spacial score (nSPS) is 25.6. The van der Waals surface area contributed by atoms with Crippen LogP contribution in [0.5, 0.6) is 0 Å². The van der Waals surface area contributed by atoms with Crippen molar-refractivity contribution in [3.8, 4) is 0 Å². The van der Waals surface area contributed by atoms with Gasteiger partial charge < -0.3 is 14.6 Å². The SMILES string of the molecule is O=C(NC1(Cc2ccc(Cl)cc2)CCOC1)C1CCn2ccnc2C1. The number of amides is 1. The number of imidazole rings is 1. The highest BCUT2D eigenvalue weighted by atomic mass is 35.5. The van der Waals surface area contributed by atoms with E-state index in [2.05, 4.69) is 14.9 Å². The number of nitrogens with one attached hydrogen (secondary N) is 1. The summed E-state index contributed by atoms with van der Waals surface area (Å²) in [5, 5.41) is 4.04. The molecule has 0 saturated carbocycles. The van der Waals surface area contributed by atoms with Gasteiger partial charge in [0.1, 0.15) is 5.82 Å². The molecule has 0 radical (unpaired) electrons. The lowest BCUT2D eigenvalue weighted by Crippen LogP contribution is -2.53. The lowest BCUT2D eigenvalue weighted by atomic mass is 9.88. The zero-order chi connectivity index (χ0) is 17.3. The van der Waals surface area contributed by atoms with Gasteiger partial charge in [-0.3, -0.25) is 4.79 Å². The summed E-state index contributed by atoms with van der Waals surface area (Å²) in [6, 6.07) is 7.82. The van der Waals surface area contributed by atoms with Crippen molar-refractivity contribution < 1.29 is 9.53 Å². The van der Waals surface area contributed by atoms with Crippen LogP contribution in [-0.2, 0) is 28.9 Å². The van der Waals surface area contributed by atoms with Crippen molar-refractivity contribution in [1.29, 1.82) is 0 Å². The molecule has 1 fully saturated rings. The minimum Gasteiger partial charge on any atom is -0.379 e. The average molecular weight is 360 g/mol. The molecule has 132 valence electrons. The number of hydrogen-bond acceptors (Lipinski definition) is 3. The Morgan fingerprint density at radius 2 is 2.24 bits per heavy atom. The fraction of sp³-hybridized carbons (Fsp3) is 0.474. The maximum absolute atomic E-state index is 12.9. The van der Waals surface area contributed by atoms with Crippen LogP contribution in [0.1, 0.15) is 24.2 Å². The number of aryl methyl sites for hydroxylation is 1. The van der Waals surface area contributed by atoms with E-state index in [0.29, 0.717) is 19.6 Å². The van der Waals surface area contributed by atoms with Crippen LogP contribution in [0.25, 0.3) is 0 Å². The quantitative estimate of drug-likeness (QED) is 0.913. The lowest BCUT2D eigenvalue weighted by molar-refractivity contribution is -0.127. The third-order valence-corrected chi connectivity index (χ3v) is 5.52. The molecule has 3 heterocycles. The minimum absolute atomic E-state index is 0.0161. The van der Waals surface area contributed by atoms with Crippen LogP contribution in [-0.4, -0.2) is 34.2 Å². The average Bonchev–Trinajstić information content (AvgIpc) is 3.25. The molecule has 1 N–H and O–H groups in total. The van der Waals surface area contributed by atoms with Crippen molar-refractivity contribution in [2.45, 2.75) is 37.8 Å². The van der Waals surface area contributed by atoms with E-state index in [-0.39, 0.29) is 17.4 Å². The third kappa shape index (κ3) is 3.58. The molecule has 2 aromatic rings. The first-order valence-electron chi connectivity index (χ1n) is 8.78. The summed E-state index contributed by atoms with van der Waals surface area (Å²) in [4.78, 5) is 17.3. The topological polar surface area (TPSA) is 56.1 Å². The Balaban J connectivity index is 1.46. The Kier molecular flexibility index (Phi) is 4.52. The van der Waals surface area contributed by atoms with E-state index in [1.165, 1.54) is 0 Å². The first kappa shape index (κ1) is 16.6. The maximum Gasteiger partial charge on any atom is 0.224 e. The highest BCUT2D eigenvalue weighted by molar-refractivity contribution is 6.30. The van der Waals surface area contributed by atoms with Crippen LogP contribution >= 0.6 is 11.6 Å². The number of halogens is 1. The van der Waals surface area contributed by atoms with Gasteiger partial charge in [-0.1, -0.05) is 23.7 Å². The molecule has 0 bridgehead atoms. The van der Waals surface area contributed by atoms with Gasteiger partial charge >= 0.3 is 0 Å². The van der Waals surface area contributed by atoms with E-state index in [0.717, 1.165) is 42.2 Å². The van der Waals surface area contributed by atoms with E-state index in [1.54, 1.807) is 0 Å². The Morgan fingerprint density at radius 1 is 1.40 bits per heavy atom. The van der Waals surface area contributed by atoms with Gasteiger partial charge in [0.15, 0.2) is 0 Å². The summed E-state index contributed by atoms with van der Waals surface area (Å²) in [6.07, 6.45) is 6.95. The fourth-order valence-corrected chi connectivity index (χ4v) is 3.95. The van der Waals surface area contributed by atoms with E-state index >= 15 is 0 Å². The van der Waals surface area contributed by atoms with Gasteiger partial charge in [0.25, 0.3) is 0 Å². The lowest BCUT2D eigenvalue weighted by Gasteiger charge is -2.32. The Labute approximate surface area is 152 Å². The summed E-state index contributed by atoms with van der Waals surface area (Å²) in [6.45, 7) is 2.10. The number of benzene rings is 1. The van der Waals surface area contributed by atoms with Crippen molar-refractivity contribution in [3.05, 3.63) is 53.1 Å². The summed E-state index contributed by atoms with van der Waals surface area (Å²) in [5.41, 5.74) is 0.840. The minimum atomic E-state index is -0.322. The monoisotopic (exact) mass is 359 g/mol. The standard InChI is InChI=1S/C19H22ClN3O2/c20-16-3-1-14(2-4-16)12-19(6-10-25-13-19)22-18(24)15-5-8-23-9-7-21-17(23)11-15/h1-4,7,9,15H,5-6,8,10-13H2,(H,22,24). The van der Waals surface area contributed by atoms with Crippen molar-refractivity contribution in [2.24, 2.45) is 5.92 Å². The first-order chi connectivity index (χ1) is 12.1. The Hall–Kier alpha value is -1.85. The van der Waals surface area contributed by atoms with Crippen molar-refractivity contribution in [3.63, 3.8) is 0 Å². The molecule has 2 aliphatic rings. The molecule has 1 saturated heterocycles. The van der Waals surface area contributed by atoms with E-state index in [9.17, 15) is 4.79 Å². The number of nitrogens with zero attached hydrogens (tertiary/aromatic N) is 2. The fourth-order valence-electron chi connectivity index (χ4n) is 3.82. The van der Waals surface area contributed by atoms with Gasteiger partial charge in [-0.15, -0.1) is 0 Å². The largest absolute Gasteiger partial charge is 0.379 e. The molecule has 4 rings (SSSR count). The van der Waals surface area contributed by atoms with Crippen LogP contribution in [0, 0.1) is 5.92 Å². The predicted molar refractivity (Wildman–Crippen MR) is 95.5 cm³/mol. The highest BCUT2D eigenvalue weighted by Crippen LogP contribution is 2.27. The molecule has 25 heavy (non-hydrogen) atoms. The molecule has 1 aromatic carbocycles. The number of ether oxygens (including phenoxy) is 1. The first-order valence-corrected chi connectivity index (χ1v) is 9.16. The summed E-state index contributed by atoms with van der Waals surface area (Å²) in [7, 11) is 0. The van der Waals surface area contributed by atoms with E-state index < -0.39 is 0 Å². The predicted octanol–water partition coefficient (Wildman–Crippen LogP) is 2.62. The molecule has 1 amide bonds. The Bertz CT molecular complexity index is 750. The number of hydrogen-bond donors (Lipinski definition) is 1. The summed E-state index contributed by atoms with van der Waals surface area (Å²) < 4.78 is 7.76. The van der Waals surface area contributed by atoms with Crippen molar-refractivity contribution in [2.75, 3.05) is 13.2 Å². The molecule has 5 nitrogen and oxygen atoms in total. The molecule has 1 aromatic heterocycles. The highest BCUT2D eigenvalue weighted by Gasteiger charge is 2.38. The maximum atomic E-state index is 12.9. The molecular formula is C19H22ClN3O2. The second-order valence-corrected chi connectivity index (χ2v) is 7.54. The second-order valence-electron chi connectivity index (χ2n) is 7.10.